The smallest absolute Gasteiger partial charge is 0.306 e. The van der Waals surface area contributed by atoms with Crippen LogP contribution in [0.4, 0.5) is 0 Å². The van der Waals surface area contributed by atoms with Gasteiger partial charge in [0.2, 0.25) is 0 Å². The standard InChI is InChI=1S/C77H130O6/c1-4-7-10-13-16-19-22-25-28-31-33-35-37-38-40-41-43-46-49-52-55-58-61-64-67-70-76(79)82-73-74(72-81-75(78)69-66-63-60-57-54-51-48-45-30-27-24-21-18-15-12-9-6-3)83-77(80)71-68-65-62-59-56-53-50-47-44-42-39-36-34-32-29-26-23-20-17-14-11-8-5-2/h7,9-10,12,16,18-19,21,25,27-28,30,33,35,38,40,43,46,48,51,74H,4-6,8,11,13-15,17,20,22-24,26,29,31-32,34,36-37,39,41-42,44-45,47,49-50,52-73H2,1-3H3/b10-7-,12-9-,19-16-,21-18-,28-25-,30-27-,35-33-,40-38-,46-43-,51-48-. The SMILES string of the molecule is CC/C=C\C/C=C\C/C=C\C/C=C\C/C=C\C/C=C\CCCCCCCCC(=O)OCC(COC(=O)CCCCCC/C=C\C/C=C\C/C=C\C/C=C\CC)OC(=O)CCCCCCCCCCCCCCCCCCCCCCCCC. The highest BCUT2D eigenvalue weighted by Gasteiger charge is 2.19. The van der Waals surface area contributed by atoms with Gasteiger partial charge in [-0.05, 0) is 109 Å². The maximum Gasteiger partial charge on any atom is 0.306 e. The molecule has 0 N–H and O–H groups in total. The Bertz CT molecular complexity index is 1700. The number of hydrogen-bond donors (Lipinski definition) is 0. The summed E-state index contributed by atoms with van der Waals surface area (Å²) >= 11 is 0. The molecule has 0 saturated carbocycles. The van der Waals surface area contributed by atoms with Crippen molar-refractivity contribution in [2.75, 3.05) is 13.2 Å². The molecule has 0 heterocycles. The summed E-state index contributed by atoms with van der Waals surface area (Å²) in [5, 5.41) is 0. The van der Waals surface area contributed by atoms with Gasteiger partial charge in [-0.15, -0.1) is 0 Å². The van der Waals surface area contributed by atoms with Crippen molar-refractivity contribution in [2.45, 2.75) is 335 Å². The Morgan fingerprint density at radius 2 is 0.470 bits per heavy atom. The molecule has 1 unspecified atom stereocenters. The molecule has 0 radical (unpaired) electrons. The molecule has 0 saturated heterocycles. The summed E-state index contributed by atoms with van der Waals surface area (Å²) in [4.78, 5) is 38.5. The fourth-order valence-electron chi connectivity index (χ4n) is 9.79. The minimum atomic E-state index is -0.799. The van der Waals surface area contributed by atoms with E-state index in [1.807, 2.05) is 0 Å². The van der Waals surface area contributed by atoms with Crippen LogP contribution in [0.1, 0.15) is 329 Å². The number of rotatable bonds is 63. The number of unbranched alkanes of at least 4 members (excludes halogenated alkanes) is 32. The van der Waals surface area contributed by atoms with E-state index in [-0.39, 0.29) is 31.1 Å². The Kier molecular flexibility index (Phi) is 66.7. The third-order valence-corrected chi connectivity index (χ3v) is 15.0. The lowest BCUT2D eigenvalue weighted by atomic mass is 10.0. The van der Waals surface area contributed by atoms with Crippen LogP contribution >= 0.6 is 0 Å². The zero-order valence-electron chi connectivity index (χ0n) is 54.4. The fraction of sp³-hybridized carbons (Fsp3) is 0.701. The average Bonchev–Trinajstić information content (AvgIpc) is 3.49. The third-order valence-electron chi connectivity index (χ3n) is 15.0. The molecule has 0 spiro atoms. The number of allylic oxidation sites excluding steroid dienone is 20. The zero-order chi connectivity index (χ0) is 59.9. The highest BCUT2D eigenvalue weighted by atomic mass is 16.6. The van der Waals surface area contributed by atoms with Crippen molar-refractivity contribution in [3.8, 4) is 0 Å². The van der Waals surface area contributed by atoms with Crippen LogP contribution in [0.2, 0.25) is 0 Å². The van der Waals surface area contributed by atoms with E-state index in [9.17, 15) is 14.4 Å². The van der Waals surface area contributed by atoms with Gasteiger partial charge < -0.3 is 14.2 Å². The molecule has 0 aliphatic carbocycles. The van der Waals surface area contributed by atoms with E-state index in [1.165, 1.54) is 141 Å². The summed E-state index contributed by atoms with van der Waals surface area (Å²) in [7, 11) is 0. The van der Waals surface area contributed by atoms with E-state index < -0.39 is 6.10 Å². The van der Waals surface area contributed by atoms with Gasteiger partial charge in [-0.1, -0.05) is 322 Å². The number of esters is 3. The lowest BCUT2D eigenvalue weighted by Gasteiger charge is -2.18. The molecule has 1 atom stereocenters. The first-order valence-corrected chi connectivity index (χ1v) is 35.0. The quantitative estimate of drug-likeness (QED) is 0.0261. The minimum Gasteiger partial charge on any atom is -0.462 e. The van der Waals surface area contributed by atoms with Crippen LogP contribution in [-0.4, -0.2) is 37.2 Å². The zero-order valence-corrected chi connectivity index (χ0v) is 54.4. The molecule has 6 heteroatoms. The van der Waals surface area contributed by atoms with Gasteiger partial charge in [-0.3, -0.25) is 14.4 Å². The van der Waals surface area contributed by atoms with Crippen LogP contribution in [0.25, 0.3) is 0 Å². The lowest BCUT2D eigenvalue weighted by Crippen LogP contribution is -2.30. The second-order valence-corrected chi connectivity index (χ2v) is 23.0. The summed E-state index contributed by atoms with van der Waals surface area (Å²) in [5.74, 6) is -0.918. The average molecular weight is 1150 g/mol. The first-order valence-electron chi connectivity index (χ1n) is 35.0. The molecule has 0 bridgehead atoms. The van der Waals surface area contributed by atoms with E-state index in [0.717, 1.165) is 148 Å². The maximum atomic E-state index is 13.0. The second-order valence-electron chi connectivity index (χ2n) is 23.0. The molecule has 0 aliphatic rings. The minimum absolute atomic E-state index is 0.0941. The monoisotopic (exact) mass is 1150 g/mol. The van der Waals surface area contributed by atoms with Crippen molar-refractivity contribution in [3.05, 3.63) is 122 Å². The van der Waals surface area contributed by atoms with Crippen molar-refractivity contribution in [1.82, 2.24) is 0 Å². The van der Waals surface area contributed by atoms with E-state index in [4.69, 9.17) is 14.2 Å². The van der Waals surface area contributed by atoms with Crippen LogP contribution in [-0.2, 0) is 28.6 Å². The maximum absolute atomic E-state index is 13.0. The van der Waals surface area contributed by atoms with Crippen LogP contribution in [0.5, 0.6) is 0 Å². The van der Waals surface area contributed by atoms with Gasteiger partial charge in [0.25, 0.3) is 0 Å². The lowest BCUT2D eigenvalue weighted by molar-refractivity contribution is -0.167. The summed E-state index contributed by atoms with van der Waals surface area (Å²) in [6, 6.07) is 0. The Hall–Kier alpha value is -4.19. The van der Waals surface area contributed by atoms with Crippen LogP contribution in [0, 0.1) is 0 Å². The fourth-order valence-corrected chi connectivity index (χ4v) is 9.79. The predicted octanol–water partition coefficient (Wildman–Crippen LogP) is 24.3. The highest BCUT2D eigenvalue weighted by molar-refractivity contribution is 5.71. The molecule has 0 rings (SSSR count). The normalized spacial score (nSPS) is 12.9. The van der Waals surface area contributed by atoms with Crippen molar-refractivity contribution in [3.63, 3.8) is 0 Å². The van der Waals surface area contributed by atoms with Crippen molar-refractivity contribution in [1.29, 1.82) is 0 Å². The summed E-state index contributed by atoms with van der Waals surface area (Å²) in [6.45, 7) is 6.42. The number of ether oxygens (including phenoxy) is 3. The molecular formula is C77H130O6. The Morgan fingerprint density at radius 1 is 0.253 bits per heavy atom. The van der Waals surface area contributed by atoms with Crippen molar-refractivity contribution in [2.24, 2.45) is 0 Å². The van der Waals surface area contributed by atoms with Crippen LogP contribution in [0.15, 0.2) is 122 Å². The molecule has 0 aromatic heterocycles. The second kappa shape index (κ2) is 70.3. The molecule has 474 valence electrons. The summed E-state index contributed by atoms with van der Waals surface area (Å²) in [5.41, 5.74) is 0. The summed E-state index contributed by atoms with van der Waals surface area (Å²) < 4.78 is 17.0. The predicted molar refractivity (Wildman–Crippen MR) is 362 cm³/mol. The molecule has 0 fully saturated rings. The van der Waals surface area contributed by atoms with Crippen LogP contribution < -0.4 is 0 Å². The van der Waals surface area contributed by atoms with Crippen LogP contribution in [0.3, 0.4) is 0 Å². The van der Waals surface area contributed by atoms with Gasteiger partial charge in [-0.25, -0.2) is 0 Å². The number of carbonyl (C=O) groups excluding carboxylic acids is 3. The van der Waals surface area contributed by atoms with Crippen molar-refractivity contribution >= 4 is 17.9 Å². The molecule has 0 aromatic carbocycles. The third kappa shape index (κ3) is 68.5. The first kappa shape index (κ1) is 78.8. The Balaban J connectivity index is 4.41. The molecule has 83 heavy (non-hydrogen) atoms. The Labute approximate surface area is 513 Å². The molecule has 6 nitrogen and oxygen atoms in total. The number of hydrogen-bond acceptors (Lipinski definition) is 6. The van der Waals surface area contributed by atoms with E-state index in [1.54, 1.807) is 0 Å². The highest BCUT2D eigenvalue weighted by Crippen LogP contribution is 2.17. The molecule has 0 aromatic rings. The van der Waals surface area contributed by atoms with Gasteiger partial charge in [0.1, 0.15) is 13.2 Å². The van der Waals surface area contributed by atoms with Gasteiger partial charge in [0.05, 0.1) is 0 Å². The molecule has 0 amide bonds. The van der Waals surface area contributed by atoms with Crippen molar-refractivity contribution < 1.29 is 28.6 Å². The van der Waals surface area contributed by atoms with E-state index in [2.05, 4.69) is 142 Å². The Morgan fingerprint density at radius 3 is 0.735 bits per heavy atom. The molecule has 0 aliphatic heterocycles. The van der Waals surface area contributed by atoms with E-state index >= 15 is 0 Å². The first-order chi connectivity index (χ1) is 41.0. The summed E-state index contributed by atoms with van der Waals surface area (Å²) in [6.07, 6.45) is 97.9. The topological polar surface area (TPSA) is 78.9 Å². The largest absolute Gasteiger partial charge is 0.462 e. The molecular weight excluding hydrogens is 1020 g/mol. The number of carbonyl (C=O) groups is 3. The van der Waals surface area contributed by atoms with Gasteiger partial charge in [0, 0.05) is 19.3 Å². The van der Waals surface area contributed by atoms with E-state index in [0.29, 0.717) is 19.3 Å². The van der Waals surface area contributed by atoms with Gasteiger partial charge in [-0.2, -0.15) is 0 Å². The van der Waals surface area contributed by atoms with Gasteiger partial charge >= 0.3 is 17.9 Å². The van der Waals surface area contributed by atoms with Gasteiger partial charge in [0.15, 0.2) is 6.10 Å².